The summed E-state index contributed by atoms with van der Waals surface area (Å²) in [6, 6.07) is 14.6. The van der Waals surface area contributed by atoms with Gasteiger partial charge in [0.25, 0.3) is 0 Å². The van der Waals surface area contributed by atoms with E-state index < -0.39 is 0 Å². The van der Waals surface area contributed by atoms with Gasteiger partial charge in [0.15, 0.2) is 5.82 Å². The van der Waals surface area contributed by atoms with Crippen LogP contribution in [0, 0.1) is 0 Å². The van der Waals surface area contributed by atoms with E-state index in [2.05, 4.69) is 62.9 Å². The SMILES string of the molecule is CC.CC.CC1(C)c2ccccc2N2c3cncnc3N(c3ccccn3)C21. The third-order valence-electron chi connectivity index (χ3n) is 5.05. The van der Waals surface area contributed by atoms with Gasteiger partial charge in [-0.3, -0.25) is 4.90 Å². The number of anilines is 4. The molecule has 5 rings (SSSR count). The highest BCUT2D eigenvalue weighted by Gasteiger charge is 2.54. The molecule has 5 heteroatoms. The molecule has 146 valence electrons. The van der Waals surface area contributed by atoms with Crippen LogP contribution in [0.1, 0.15) is 47.1 Å². The van der Waals surface area contributed by atoms with Crippen LogP contribution in [0.4, 0.5) is 23.0 Å². The zero-order chi connectivity index (χ0) is 20.3. The Morgan fingerprint density at radius 3 is 2.25 bits per heavy atom. The molecule has 28 heavy (non-hydrogen) atoms. The van der Waals surface area contributed by atoms with Gasteiger partial charge in [0.1, 0.15) is 24.0 Å². The maximum absolute atomic E-state index is 4.59. The summed E-state index contributed by atoms with van der Waals surface area (Å²) < 4.78 is 0. The van der Waals surface area contributed by atoms with E-state index in [-0.39, 0.29) is 11.6 Å². The first-order valence-electron chi connectivity index (χ1n) is 10.1. The molecule has 2 aromatic heterocycles. The van der Waals surface area contributed by atoms with Gasteiger partial charge in [-0.15, -0.1) is 0 Å². The fourth-order valence-corrected chi connectivity index (χ4v) is 4.04. The Labute approximate surface area is 168 Å². The molecule has 0 spiro atoms. The fourth-order valence-electron chi connectivity index (χ4n) is 4.04. The molecular formula is C23H29N5. The number of benzene rings is 1. The molecule has 5 nitrogen and oxygen atoms in total. The molecular weight excluding hydrogens is 346 g/mol. The monoisotopic (exact) mass is 375 g/mol. The highest BCUT2D eigenvalue weighted by atomic mass is 15.5. The zero-order valence-corrected chi connectivity index (χ0v) is 17.6. The third-order valence-corrected chi connectivity index (χ3v) is 5.05. The number of hydrogen-bond acceptors (Lipinski definition) is 5. The van der Waals surface area contributed by atoms with Gasteiger partial charge in [0, 0.05) is 17.3 Å². The van der Waals surface area contributed by atoms with E-state index in [1.54, 1.807) is 6.33 Å². The van der Waals surface area contributed by atoms with Crippen molar-refractivity contribution < 1.29 is 0 Å². The molecule has 0 N–H and O–H groups in total. The molecule has 1 atom stereocenters. The number of pyridine rings is 1. The molecule has 0 aliphatic carbocycles. The third kappa shape index (κ3) is 2.82. The quantitative estimate of drug-likeness (QED) is 0.535. The van der Waals surface area contributed by atoms with Crippen molar-refractivity contribution in [2.45, 2.75) is 53.1 Å². The summed E-state index contributed by atoms with van der Waals surface area (Å²) in [5, 5.41) is 0. The number of rotatable bonds is 1. The lowest BCUT2D eigenvalue weighted by Gasteiger charge is -2.35. The van der Waals surface area contributed by atoms with Crippen molar-refractivity contribution in [3.8, 4) is 0 Å². The minimum Gasteiger partial charge on any atom is -0.314 e. The summed E-state index contributed by atoms with van der Waals surface area (Å²) in [5.41, 5.74) is 3.52. The maximum Gasteiger partial charge on any atom is 0.163 e. The number of hydrogen-bond donors (Lipinski definition) is 0. The summed E-state index contributed by atoms with van der Waals surface area (Å²) in [4.78, 5) is 18.0. The second kappa shape index (κ2) is 7.97. The Morgan fingerprint density at radius 1 is 0.821 bits per heavy atom. The van der Waals surface area contributed by atoms with Gasteiger partial charge in [0.05, 0.1) is 6.20 Å². The van der Waals surface area contributed by atoms with Crippen LogP contribution in [0.3, 0.4) is 0 Å². The lowest BCUT2D eigenvalue weighted by molar-refractivity contribution is 0.448. The van der Waals surface area contributed by atoms with Crippen molar-refractivity contribution in [2.24, 2.45) is 0 Å². The van der Waals surface area contributed by atoms with E-state index in [0.717, 1.165) is 17.3 Å². The minimum absolute atomic E-state index is 0.0746. The molecule has 1 unspecified atom stereocenters. The fraction of sp³-hybridized carbons (Fsp3) is 0.348. The normalized spacial score (nSPS) is 17.4. The van der Waals surface area contributed by atoms with Crippen LogP contribution >= 0.6 is 0 Å². The van der Waals surface area contributed by atoms with E-state index in [1.165, 1.54) is 11.3 Å². The van der Waals surface area contributed by atoms with Crippen molar-refractivity contribution in [2.75, 3.05) is 9.80 Å². The highest BCUT2D eigenvalue weighted by molar-refractivity contribution is 5.89. The first-order valence-corrected chi connectivity index (χ1v) is 10.1. The minimum atomic E-state index is -0.0746. The smallest absolute Gasteiger partial charge is 0.163 e. The molecule has 0 bridgehead atoms. The van der Waals surface area contributed by atoms with Gasteiger partial charge >= 0.3 is 0 Å². The Kier molecular flexibility index (Phi) is 5.63. The maximum atomic E-state index is 4.59. The number of fused-ring (bicyclic) bond motifs is 5. The lowest BCUT2D eigenvalue weighted by Crippen LogP contribution is -2.46. The summed E-state index contributed by atoms with van der Waals surface area (Å²) >= 11 is 0. The van der Waals surface area contributed by atoms with E-state index in [0.29, 0.717) is 0 Å². The average molecular weight is 376 g/mol. The Hall–Kier alpha value is -2.95. The van der Waals surface area contributed by atoms with E-state index in [4.69, 9.17) is 0 Å². The van der Waals surface area contributed by atoms with Crippen LogP contribution in [-0.2, 0) is 5.41 Å². The summed E-state index contributed by atoms with van der Waals surface area (Å²) in [6.45, 7) is 12.6. The number of nitrogens with zero attached hydrogens (tertiary/aromatic N) is 5. The van der Waals surface area contributed by atoms with Crippen molar-refractivity contribution in [3.05, 3.63) is 66.7 Å². The van der Waals surface area contributed by atoms with Crippen molar-refractivity contribution in [3.63, 3.8) is 0 Å². The van der Waals surface area contributed by atoms with Gasteiger partial charge in [-0.2, -0.15) is 0 Å². The number of aromatic nitrogens is 3. The van der Waals surface area contributed by atoms with Crippen molar-refractivity contribution in [1.29, 1.82) is 0 Å². The first kappa shape index (κ1) is 19.8. The van der Waals surface area contributed by atoms with Crippen LogP contribution in [-0.4, -0.2) is 21.1 Å². The predicted molar refractivity (Wildman–Crippen MR) is 116 cm³/mol. The van der Waals surface area contributed by atoms with Gasteiger partial charge in [-0.05, 0) is 23.8 Å². The molecule has 0 radical (unpaired) electrons. The Balaban J connectivity index is 0.000000531. The molecule has 0 fully saturated rings. The van der Waals surface area contributed by atoms with Gasteiger partial charge in [-0.25, -0.2) is 15.0 Å². The van der Waals surface area contributed by atoms with E-state index in [1.807, 2.05) is 58.3 Å². The van der Waals surface area contributed by atoms with Crippen LogP contribution < -0.4 is 9.80 Å². The molecule has 0 saturated carbocycles. The van der Waals surface area contributed by atoms with E-state index in [9.17, 15) is 0 Å². The largest absolute Gasteiger partial charge is 0.314 e. The van der Waals surface area contributed by atoms with Gasteiger partial charge in [0.2, 0.25) is 0 Å². The second-order valence-corrected chi connectivity index (χ2v) is 6.77. The van der Waals surface area contributed by atoms with Gasteiger partial charge in [-0.1, -0.05) is 65.8 Å². The molecule has 0 amide bonds. The van der Waals surface area contributed by atoms with Crippen molar-refractivity contribution in [1.82, 2.24) is 15.0 Å². The molecule has 2 aliphatic heterocycles. The molecule has 0 saturated heterocycles. The van der Waals surface area contributed by atoms with Crippen LogP contribution in [0.25, 0.3) is 0 Å². The summed E-state index contributed by atoms with van der Waals surface area (Å²) in [7, 11) is 0. The standard InChI is InChI=1S/C19H17N5.2C2H6/c1-19(2)13-7-3-4-8-14(13)23-15-11-20-12-22-17(15)24(18(19)23)16-9-5-6-10-21-16;2*1-2/h3-12,18H,1-2H3;2*1-2H3. The Bertz CT molecular complexity index is 908. The molecule has 4 heterocycles. The second-order valence-electron chi connectivity index (χ2n) is 6.77. The summed E-state index contributed by atoms with van der Waals surface area (Å²) in [6.07, 6.45) is 5.43. The van der Waals surface area contributed by atoms with Crippen LogP contribution in [0.15, 0.2) is 61.2 Å². The summed E-state index contributed by atoms with van der Waals surface area (Å²) in [5.74, 6) is 1.82. The van der Waals surface area contributed by atoms with Crippen LogP contribution in [0.5, 0.6) is 0 Å². The highest BCUT2D eigenvalue weighted by Crippen LogP contribution is 2.57. The topological polar surface area (TPSA) is 45.2 Å². The zero-order valence-electron chi connectivity index (χ0n) is 17.6. The average Bonchev–Trinajstić information content (AvgIpc) is 3.23. The van der Waals surface area contributed by atoms with E-state index >= 15 is 0 Å². The van der Waals surface area contributed by atoms with Crippen LogP contribution in [0.2, 0.25) is 0 Å². The lowest BCUT2D eigenvalue weighted by atomic mass is 9.83. The van der Waals surface area contributed by atoms with Gasteiger partial charge < -0.3 is 4.90 Å². The first-order chi connectivity index (χ1) is 13.7. The molecule has 1 aromatic carbocycles. The number of para-hydroxylation sites is 1. The molecule has 2 aliphatic rings. The molecule has 3 aromatic rings. The Morgan fingerprint density at radius 2 is 1.54 bits per heavy atom. The predicted octanol–water partition coefficient (Wildman–Crippen LogP) is 5.83. The van der Waals surface area contributed by atoms with Crippen molar-refractivity contribution >= 4 is 23.0 Å².